The normalized spacial score (nSPS) is 18.7. The molecule has 0 bridgehead atoms. The average molecular weight is 394 g/mol. The number of anilines is 1. The van der Waals surface area contributed by atoms with Gasteiger partial charge in [-0.15, -0.1) is 0 Å². The van der Waals surface area contributed by atoms with Crippen molar-refractivity contribution < 1.29 is 4.79 Å². The third-order valence-corrected chi connectivity index (χ3v) is 6.30. The summed E-state index contributed by atoms with van der Waals surface area (Å²) < 4.78 is 0. The number of carbonyl (C=O) groups excluding carboxylic acids is 1. The number of urea groups is 1. The summed E-state index contributed by atoms with van der Waals surface area (Å²) >= 11 is 6.17. The van der Waals surface area contributed by atoms with E-state index in [2.05, 4.69) is 6.07 Å². The summed E-state index contributed by atoms with van der Waals surface area (Å²) in [4.78, 5) is 17.1. The number of amides is 2. The molecule has 0 radical (unpaired) electrons. The number of fused-ring (bicyclic) bond motifs is 1. The number of aryl methyl sites for hydroxylation is 1. The van der Waals surface area contributed by atoms with Crippen molar-refractivity contribution in [2.75, 3.05) is 24.5 Å². The highest BCUT2D eigenvalue weighted by atomic mass is 35.5. The maximum Gasteiger partial charge on any atom is 0.324 e. The Morgan fingerprint density at radius 3 is 2.50 bits per heavy atom. The smallest absolute Gasteiger partial charge is 0.324 e. The van der Waals surface area contributed by atoms with Crippen LogP contribution in [0.25, 0.3) is 0 Å². The molecule has 0 unspecified atom stereocenters. The van der Waals surface area contributed by atoms with Gasteiger partial charge in [-0.2, -0.15) is 5.26 Å². The maximum atomic E-state index is 13.3. The maximum absolute atomic E-state index is 13.3. The molecule has 144 valence electrons. The van der Waals surface area contributed by atoms with Gasteiger partial charge < -0.3 is 4.90 Å². The third-order valence-electron chi connectivity index (χ3n) is 6.07. The quantitative estimate of drug-likeness (QED) is 0.671. The van der Waals surface area contributed by atoms with E-state index in [1.165, 1.54) is 0 Å². The number of carbonyl (C=O) groups is 1. The zero-order valence-electron chi connectivity index (χ0n) is 15.9. The van der Waals surface area contributed by atoms with Crippen molar-refractivity contribution in [1.82, 2.24) is 4.90 Å². The minimum Gasteiger partial charge on any atom is -0.324 e. The molecule has 2 aliphatic rings. The summed E-state index contributed by atoms with van der Waals surface area (Å²) in [6.07, 6.45) is 4.33. The third kappa shape index (κ3) is 3.47. The van der Waals surface area contributed by atoms with Gasteiger partial charge in [0.05, 0.1) is 11.5 Å². The lowest BCUT2D eigenvalue weighted by Gasteiger charge is -2.39. The molecule has 2 aromatic carbocycles. The Hall–Kier alpha value is -2.51. The molecule has 28 heavy (non-hydrogen) atoms. The second-order valence-electron chi connectivity index (χ2n) is 7.71. The molecule has 2 heterocycles. The fourth-order valence-corrected chi connectivity index (χ4v) is 4.59. The molecule has 5 heteroatoms. The number of nitrogens with zero attached hydrogens (tertiary/aromatic N) is 3. The Bertz CT molecular complexity index is 898. The lowest BCUT2D eigenvalue weighted by molar-refractivity contribution is 0.177. The molecule has 0 saturated carbocycles. The first-order chi connectivity index (χ1) is 13.6. The largest absolute Gasteiger partial charge is 0.324 e. The molecule has 0 aliphatic carbocycles. The van der Waals surface area contributed by atoms with E-state index in [9.17, 15) is 10.1 Å². The lowest BCUT2D eigenvalue weighted by atomic mass is 9.74. The minimum atomic E-state index is -0.498. The zero-order chi connectivity index (χ0) is 19.6. The molecule has 1 fully saturated rings. The Morgan fingerprint density at radius 1 is 1.04 bits per heavy atom. The first-order valence-electron chi connectivity index (χ1n) is 9.95. The van der Waals surface area contributed by atoms with Gasteiger partial charge in [0.1, 0.15) is 0 Å². The van der Waals surface area contributed by atoms with Gasteiger partial charge in [-0.25, -0.2) is 4.79 Å². The number of benzene rings is 2. The highest BCUT2D eigenvalue weighted by molar-refractivity contribution is 6.30. The topological polar surface area (TPSA) is 47.3 Å². The first-order valence-corrected chi connectivity index (χ1v) is 10.3. The standard InChI is InChI=1S/C23H24ClN3O/c24-20-9-10-21-18(16-20)6-4-5-13-27(21)22(28)26-14-11-23(17-25,12-15-26)19-7-2-1-3-8-19/h1-3,7-10,16H,4-6,11-15H2. The Morgan fingerprint density at radius 2 is 1.79 bits per heavy atom. The Balaban J connectivity index is 1.53. The summed E-state index contributed by atoms with van der Waals surface area (Å²) in [5.74, 6) is 0. The fourth-order valence-electron chi connectivity index (χ4n) is 4.39. The van der Waals surface area contributed by atoms with Crippen LogP contribution in [0, 0.1) is 11.3 Å². The molecule has 2 amide bonds. The van der Waals surface area contributed by atoms with Gasteiger partial charge in [0.25, 0.3) is 0 Å². The van der Waals surface area contributed by atoms with Gasteiger partial charge in [-0.05, 0) is 61.4 Å². The minimum absolute atomic E-state index is 0.0464. The molecular weight excluding hydrogens is 370 g/mol. The van der Waals surface area contributed by atoms with Crippen LogP contribution in [0.4, 0.5) is 10.5 Å². The van der Waals surface area contributed by atoms with Crippen LogP contribution in [-0.2, 0) is 11.8 Å². The highest BCUT2D eigenvalue weighted by Crippen LogP contribution is 2.36. The van der Waals surface area contributed by atoms with Gasteiger partial charge in [0.2, 0.25) is 0 Å². The number of likely N-dealkylation sites (tertiary alicyclic amines) is 1. The number of piperidine rings is 1. The molecule has 2 aromatic rings. The van der Waals surface area contributed by atoms with Crippen LogP contribution >= 0.6 is 11.6 Å². The molecule has 2 aliphatic heterocycles. The molecule has 0 aromatic heterocycles. The number of hydrogen-bond donors (Lipinski definition) is 0. The average Bonchev–Trinajstić information content (AvgIpc) is 2.96. The van der Waals surface area contributed by atoms with Crippen LogP contribution < -0.4 is 4.90 Å². The van der Waals surface area contributed by atoms with Crippen molar-refractivity contribution in [3.63, 3.8) is 0 Å². The molecule has 0 N–H and O–H groups in total. The van der Waals surface area contributed by atoms with Gasteiger partial charge in [-0.3, -0.25) is 4.90 Å². The first kappa shape index (κ1) is 18.8. The predicted molar refractivity (Wildman–Crippen MR) is 112 cm³/mol. The number of halogens is 1. The van der Waals surface area contributed by atoms with Crippen LogP contribution in [0.5, 0.6) is 0 Å². The molecule has 0 spiro atoms. The van der Waals surface area contributed by atoms with Gasteiger partial charge >= 0.3 is 6.03 Å². The monoisotopic (exact) mass is 393 g/mol. The number of hydrogen-bond acceptors (Lipinski definition) is 2. The lowest BCUT2D eigenvalue weighted by Crippen LogP contribution is -2.50. The van der Waals surface area contributed by atoms with Crippen LogP contribution in [0.2, 0.25) is 5.02 Å². The zero-order valence-corrected chi connectivity index (χ0v) is 16.7. The van der Waals surface area contributed by atoms with Gasteiger partial charge in [0, 0.05) is 30.3 Å². The van der Waals surface area contributed by atoms with E-state index in [-0.39, 0.29) is 6.03 Å². The van der Waals surface area contributed by atoms with Crippen molar-refractivity contribution in [2.45, 2.75) is 37.5 Å². The van der Waals surface area contributed by atoms with Gasteiger partial charge in [-0.1, -0.05) is 41.9 Å². The fraction of sp³-hybridized carbons (Fsp3) is 0.391. The Labute approximate surface area is 171 Å². The van der Waals surface area contributed by atoms with E-state index in [1.807, 2.05) is 58.3 Å². The summed E-state index contributed by atoms with van der Waals surface area (Å²) in [7, 11) is 0. The summed E-state index contributed by atoms with van der Waals surface area (Å²) in [6, 6.07) is 18.4. The van der Waals surface area contributed by atoms with E-state index in [1.54, 1.807) is 0 Å². The summed E-state index contributed by atoms with van der Waals surface area (Å²) in [5, 5.41) is 10.6. The van der Waals surface area contributed by atoms with E-state index in [0.29, 0.717) is 31.0 Å². The van der Waals surface area contributed by atoms with Crippen LogP contribution in [0.1, 0.15) is 36.8 Å². The SMILES string of the molecule is N#CC1(c2ccccc2)CCN(C(=O)N2CCCCc3cc(Cl)ccc32)CC1. The second kappa shape index (κ2) is 7.85. The number of rotatable bonds is 1. The molecular formula is C23H24ClN3O. The van der Waals surface area contributed by atoms with Crippen molar-refractivity contribution >= 4 is 23.3 Å². The van der Waals surface area contributed by atoms with E-state index in [4.69, 9.17) is 11.6 Å². The molecule has 0 atom stereocenters. The van der Waals surface area contributed by atoms with Gasteiger partial charge in [0.15, 0.2) is 0 Å². The second-order valence-corrected chi connectivity index (χ2v) is 8.15. The summed E-state index contributed by atoms with van der Waals surface area (Å²) in [6.45, 7) is 1.92. The molecule has 4 rings (SSSR count). The Kier molecular flexibility index (Phi) is 5.28. The van der Waals surface area contributed by atoms with E-state index in [0.717, 1.165) is 42.6 Å². The molecule has 1 saturated heterocycles. The summed E-state index contributed by atoms with van der Waals surface area (Å²) in [5.41, 5.74) is 2.68. The number of nitriles is 1. The van der Waals surface area contributed by atoms with Crippen LogP contribution in [-0.4, -0.2) is 30.6 Å². The highest BCUT2D eigenvalue weighted by Gasteiger charge is 2.39. The van der Waals surface area contributed by atoms with Crippen molar-refractivity contribution in [3.8, 4) is 6.07 Å². The van der Waals surface area contributed by atoms with E-state index >= 15 is 0 Å². The van der Waals surface area contributed by atoms with Crippen molar-refractivity contribution in [3.05, 3.63) is 64.7 Å². The van der Waals surface area contributed by atoms with Crippen LogP contribution in [0.3, 0.4) is 0 Å². The van der Waals surface area contributed by atoms with Crippen molar-refractivity contribution in [1.29, 1.82) is 5.26 Å². The van der Waals surface area contributed by atoms with Crippen LogP contribution in [0.15, 0.2) is 48.5 Å². The predicted octanol–water partition coefficient (Wildman–Crippen LogP) is 5.16. The van der Waals surface area contributed by atoms with E-state index < -0.39 is 5.41 Å². The molecule has 4 nitrogen and oxygen atoms in total. The van der Waals surface area contributed by atoms with Crippen molar-refractivity contribution in [2.24, 2.45) is 0 Å².